The highest BCUT2D eigenvalue weighted by Gasteiger charge is 2.12. The summed E-state index contributed by atoms with van der Waals surface area (Å²) in [7, 11) is 0. The first-order chi connectivity index (χ1) is 11.6. The van der Waals surface area contributed by atoms with E-state index in [2.05, 4.69) is 32.3 Å². The van der Waals surface area contributed by atoms with Crippen molar-refractivity contribution in [2.45, 2.75) is 32.2 Å². The van der Waals surface area contributed by atoms with Crippen LogP contribution in [0.25, 0.3) is 10.2 Å². The maximum Gasteiger partial charge on any atom is 0.220 e. The van der Waals surface area contributed by atoms with Crippen LogP contribution in [0, 0.1) is 0 Å². The van der Waals surface area contributed by atoms with Crippen LogP contribution in [0.1, 0.15) is 36.4 Å². The largest absolute Gasteiger partial charge is 0.350 e. The summed E-state index contributed by atoms with van der Waals surface area (Å²) in [6.45, 7) is 2.01. The van der Waals surface area contributed by atoms with E-state index < -0.39 is 0 Å². The summed E-state index contributed by atoms with van der Waals surface area (Å²) in [4.78, 5) is 16.8. The van der Waals surface area contributed by atoms with Crippen LogP contribution < -0.4 is 5.32 Å². The van der Waals surface area contributed by atoms with Gasteiger partial charge in [0, 0.05) is 10.9 Å². The van der Waals surface area contributed by atoms with E-state index >= 15 is 0 Å². The van der Waals surface area contributed by atoms with E-state index in [0.29, 0.717) is 6.42 Å². The minimum atomic E-state index is -0.00414. The third-order valence-corrected chi connectivity index (χ3v) is 5.70. The summed E-state index contributed by atoms with van der Waals surface area (Å²) in [5.41, 5.74) is 2.14. The zero-order valence-corrected chi connectivity index (χ0v) is 15.9. The Labute approximate surface area is 154 Å². The highest BCUT2D eigenvalue weighted by molar-refractivity contribution is 9.10. The number of benzene rings is 2. The summed E-state index contributed by atoms with van der Waals surface area (Å²) in [5.74, 6) is 0.0827. The van der Waals surface area contributed by atoms with E-state index in [9.17, 15) is 4.79 Å². The van der Waals surface area contributed by atoms with Crippen LogP contribution in [-0.4, -0.2) is 10.9 Å². The van der Waals surface area contributed by atoms with Gasteiger partial charge in [-0.3, -0.25) is 4.79 Å². The number of hydrogen-bond donors (Lipinski definition) is 1. The summed E-state index contributed by atoms with van der Waals surface area (Å²) in [5, 5.41) is 4.16. The Morgan fingerprint density at radius 3 is 2.75 bits per heavy atom. The van der Waals surface area contributed by atoms with Gasteiger partial charge in [0.15, 0.2) is 0 Å². The Balaban J connectivity index is 1.49. The number of carbonyl (C=O) groups is 1. The molecule has 124 valence electrons. The molecular formula is C19H19BrN2OS. The molecule has 0 spiro atoms. The molecule has 3 aromatic rings. The van der Waals surface area contributed by atoms with Crippen molar-refractivity contribution in [1.29, 1.82) is 0 Å². The molecule has 0 saturated heterocycles. The molecule has 0 saturated carbocycles. The second kappa shape index (κ2) is 7.90. The smallest absolute Gasteiger partial charge is 0.220 e. The Kier molecular flexibility index (Phi) is 5.63. The van der Waals surface area contributed by atoms with Crippen LogP contribution in [0.3, 0.4) is 0 Å². The van der Waals surface area contributed by atoms with Crippen LogP contribution in [0.4, 0.5) is 0 Å². The lowest BCUT2D eigenvalue weighted by Gasteiger charge is -2.15. The van der Waals surface area contributed by atoms with Gasteiger partial charge in [-0.2, -0.15) is 0 Å². The molecule has 0 radical (unpaired) electrons. The highest BCUT2D eigenvalue weighted by atomic mass is 79.9. The molecule has 24 heavy (non-hydrogen) atoms. The van der Waals surface area contributed by atoms with Crippen molar-refractivity contribution in [3.05, 3.63) is 63.6 Å². The Bertz CT molecular complexity index is 813. The van der Waals surface area contributed by atoms with Crippen molar-refractivity contribution in [2.75, 3.05) is 0 Å². The summed E-state index contributed by atoms with van der Waals surface area (Å²) in [6, 6.07) is 16.1. The van der Waals surface area contributed by atoms with E-state index in [0.717, 1.165) is 33.4 Å². The topological polar surface area (TPSA) is 42.0 Å². The van der Waals surface area contributed by atoms with Crippen molar-refractivity contribution >= 4 is 43.4 Å². The average molecular weight is 403 g/mol. The predicted octanol–water partition coefficient (Wildman–Crippen LogP) is 5.26. The number of halogens is 1. The number of aryl methyl sites for hydroxylation is 1. The maximum atomic E-state index is 12.2. The van der Waals surface area contributed by atoms with Crippen molar-refractivity contribution < 1.29 is 4.79 Å². The fraction of sp³-hybridized carbons (Fsp3) is 0.263. The number of hydrogen-bond acceptors (Lipinski definition) is 3. The molecule has 5 heteroatoms. The van der Waals surface area contributed by atoms with Gasteiger partial charge < -0.3 is 5.32 Å². The molecule has 0 aliphatic carbocycles. The molecule has 0 aliphatic rings. The van der Waals surface area contributed by atoms with Crippen LogP contribution in [-0.2, 0) is 11.2 Å². The van der Waals surface area contributed by atoms with E-state index in [1.165, 1.54) is 4.70 Å². The van der Waals surface area contributed by atoms with E-state index in [-0.39, 0.29) is 11.9 Å². The summed E-state index contributed by atoms with van der Waals surface area (Å²) < 4.78 is 2.23. The van der Waals surface area contributed by atoms with Gasteiger partial charge in [-0.1, -0.05) is 46.3 Å². The number of para-hydroxylation sites is 1. The zero-order chi connectivity index (χ0) is 16.9. The lowest BCUT2D eigenvalue weighted by molar-refractivity contribution is -0.121. The average Bonchev–Trinajstić information content (AvgIpc) is 2.97. The molecule has 3 rings (SSSR count). The molecule has 0 fully saturated rings. The van der Waals surface area contributed by atoms with Gasteiger partial charge in [-0.05, 0) is 43.5 Å². The van der Waals surface area contributed by atoms with E-state index in [4.69, 9.17) is 0 Å². The van der Waals surface area contributed by atoms with Crippen LogP contribution >= 0.6 is 27.3 Å². The monoisotopic (exact) mass is 402 g/mol. The quantitative estimate of drug-likeness (QED) is 0.610. The Hall–Kier alpha value is -1.72. The normalized spacial score (nSPS) is 12.2. The van der Waals surface area contributed by atoms with E-state index in [1.54, 1.807) is 11.3 Å². The maximum absolute atomic E-state index is 12.2. The minimum absolute atomic E-state index is 0.00414. The Morgan fingerprint density at radius 2 is 1.96 bits per heavy atom. The number of rotatable bonds is 6. The fourth-order valence-electron chi connectivity index (χ4n) is 2.64. The summed E-state index contributed by atoms with van der Waals surface area (Å²) >= 11 is 5.24. The van der Waals surface area contributed by atoms with Gasteiger partial charge in [0.1, 0.15) is 0 Å². The predicted molar refractivity (Wildman–Crippen MR) is 103 cm³/mol. The first-order valence-corrected chi connectivity index (χ1v) is 9.62. The molecule has 2 aromatic carbocycles. The number of nitrogens with zero attached hydrogens (tertiary/aromatic N) is 1. The summed E-state index contributed by atoms with van der Waals surface area (Å²) in [6.07, 6.45) is 2.18. The van der Waals surface area contributed by atoms with Crippen molar-refractivity contribution in [1.82, 2.24) is 10.3 Å². The van der Waals surface area contributed by atoms with Gasteiger partial charge in [0.2, 0.25) is 5.91 Å². The van der Waals surface area contributed by atoms with Crippen LogP contribution in [0.5, 0.6) is 0 Å². The number of fused-ring (bicyclic) bond motifs is 1. The van der Waals surface area contributed by atoms with Crippen molar-refractivity contribution in [3.63, 3.8) is 0 Å². The molecule has 1 amide bonds. The number of amides is 1. The van der Waals surface area contributed by atoms with Gasteiger partial charge in [0.05, 0.1) is 21.3 Å². The molecule has 1 atom stereocenters. The standard InChI is InChI=1S/C19H19BrN2OS/c1-13(14-7-2-3-8-15(14)20)21-18(23)11-6-12-19-22-16-9-4-5-10-17(16)24-19/h2-5,7-10,13H,6,11-12H2,1H3,(H,21,23)/t13-/m0/s1. The first kappa shape index (κ1) is 17.1. The van der Waals surface area contributed by atoms with Gasteiger partial charge in [0.25, 0.3) is 0 Å². The molecule has 1 heterocycles. The molecule has 0 aliphatic heterocycles. The second-order valence-corrected chi connectivity index (χ2v) is 7.71. The van der Waals surface area contributed by atoms with Crippen LogP contribution in [0.2, 0.25) is 0 Å². The molecule has 1 N–H and O–H groups in total. The first-order valence-electron chi connectivity index (χ1n) is 8.02. The van der Waals surface area contributed by atoms with Crippen LogP contribution in [0.15, 0.2) is 53.0 Å². The third kappa shape index (κ3) is 4.22. The second-order valence-electron chi connectivity index (χ2n) is 5.74. The molecule has 1 aromatic heterocycles. The van der Waals surface area contributed by atoms with Crippen molar-refractivity contribution in [2.24, 2.45) is 0 Å². The van der Waals surface area contributed by atoms with Gasteiger partial charge >= 0.3 is 0 Å². The lowest BCUT2D eigenvalue weighted by Crippen LogP contribution is -2.26. The number of thiazole rings is 1. The van der Waals surface area contributed by atoms with E-state index in [1.807, 2.05) is 49.4 Å². The SMILES string of the molecule is C[C@H](NC(=O)CCCc1nc2ccccc2s1)c1ccccc1Br. The molecule has 3 nitrogen and oxygen atoms in total. The third-order valence-electron chi connectivity index (χ3n) is 3.88. The van der Waals surface area contributed by atoms with Gasteiger partial charge in [-0.15, -0.1) is 11.3 Å². The fourth-order valence-corrected chi connectivity index (χ4v) is 4.28. The lowest BCUT2D eigenvalue weighted by atomic mass is 10.1. The molecular weight excluding hydrogens is 384 g/mol. The Morgan fingerprint density at radius 1 is 1.21 bits per heavy atom. The number of nitrogens with one attached hydrogen (secondary N) is 1. The zero-order valence-electron chi connectivity index (χ0n) is 13.5. The van der Waals surface area contributed by atoms with Crippen molar-refractivity contribution in [3.8, 4) is 0 Å². The molecule has 0 bridgehead atoms. The number of carbonyl (C=O) groups excluding carboxylic acids is 1. The molecule has 0 unspecified atom stereocenters. The van der Waals surface area contributed by atoms with Gasteiger partial charge in [-0.25, -0.2) is 4.98 Å². The highest BCUT2D eigenvalue weighted by Crippen LogP contribution is 2.24. The minimum Gasteiger partial charge on any atom is -0.350 e. The number of aromatic nitrogens is 1.